The van der Waals surface area contributed by atoms with Gasteiger partial charge in [-0.2, -0.15) is 0 Å². The first-order chi connectivity index (χ1) is 15.6. The molecular formula is C26H30N4O2. The molecule has 2 aromatic carbocycles. The van der Waals surface area contributed by atoms with Gasteiger partial charge < -0.3 is 15.2 Å². The van der Waals surface area contributed by atoms with E-state index in [2.05, 4.69) is 27.4 Å². The van der Waals surface area contributed by atoms with Crippen LogP contribution < -0.4 is 5.32 Å². The van der Waals surface area contributed by atoms with Gasteiger partial charge in [0.25, 0.3) is 5.91 Å². The number of aromatic amines is 1. The van der Waals surface area contributed by atoms with Crippen LogP contribution >= 0.6 is 0 Å². The summed E-state index contributed by atoms with van der Waals surface area (Å²) in [5.41, 5.74) is 3.74. The van der Waals surface area contributed by atoms with Gasteiger partial charge in [0, 0.05) is 25.1 Å². The number of likely N-dealkylation sites (tertiary alicyclic amines) is 1. The number of benzene rings is 2. The molecule has 0 saturated carbocycles. The number of hydrogen-bond acceptors (Lipinski definition) is 3. The number of amides is 2. The van der Waals surface area contributed by atoms with Gasteiger partial charge in [0.1, 0.15) is 5.82 Å². The minimum absolute atomic E-state index is 0.0215. The fourth-order valence-corrected chi connectivity index (χ4v) is 4.41. The van der Waals surface area contributed by atoms with E-state index < -0.39 is 0 Å². The largest absolute Gasteiger partial charge is 0.355 e. The van der Waals surface area contributed by atoms with Gasteiger partial charge in [0.2, 0.25) is 5.91 Å². The molecule has 1 aromatic heterocycles. The van der Waals surface area contributed by atoms with Crippen LogP contribution in [0, 0.1) is 5.92 Å². The summed E-state index contributed by atoms with van der Waals surface area (Å²) < 4.78 is 0. The lowest BCUT2D eigenvalue weighted by Crippen LogP contribution is -2.42. The SMILES string of the molecule is CNC(=O)c1ccc(CC(C)C(=O)N2CCCCC2c2ncc(-c3ccccc3)[nH]2)cc1. The average Bonchev–Trinajstić information content (AvgIpc) is 3.34. The summed E-state index contributed by atoms with van der Waals surface area (Å²) in [5, 5.41) is 2.63. The summed E-state index contributed by atoms with van der Waals surface area (Å²) in [5.74, 6) is 0.761. The number of imidazole rings is 1. The minimum atomic E-state index is -0.148. The van der Waals surface area contributed by atoms with E-state index in [4.69, 9.17) is 0 Å². The van der Waals surface area contributed by atoms with E-state index in [1.165, 1.54) is 0 Å². The van der Waals surface area contributed by atoms with Crippen LogP contribution in [0.1, 0.15) is 54.0 Å². The summed E-state index contributed by atoms with van der Waals surface area (Å²) in [6.45, 7) is 2.74. The molecule has 6 nitrogen and oxygen atoms in total. The second-order valence-electron chi connectivity index (χ2n) is 8.47. The van der Waals surface area contributed by atoms with Crippen LogP contribution in [0.3, 0.4) is 0 Å². The Bertz CT molecular complexity index is 1060. The molecule has 1 fully saturated rings. The quantitative estimate of drug-likeness (QED) is 0.610. The summed E-state index contributed by atoms with van der Waals surface area (Å²) >= 11 is 0. The standard InChI is InChI=1S/C26H30N4O2/c1-18(16-19-11-13-21(14-12-19)25(31)27-2)26(32)30-15-7-6-10-23(30)24-28-17-22(29-24)20-8-4-3-5-9-20/h3-5,8-9,11-14,17-18,23H,6-7,10,15-16H2,1-2H3,(H,27,31)(H,28,29). The number of hydrogen-bond donors (Lipinski definition) is 2. The van der Waals surface area contributed by atoms with Gasteiger partial charge >= 0.3 is 0 Å². The highest BCUT2D eigenvalue weighted by atomic mass is 16.2. The number of piperidine rings is 1. The van der Waals surface area contributed by atoms with Crippen molar-refractivity contribution < 1.29 is 9.59 Å². The van der Waals surface area contributed by atoms with Gasteiger partial charge in [0.05, 0.1) is 17.9 Å². The normalized spacial score (nSPS) is 17.1. The molecule has 0 aliphatic carbocycles. The van der Waals surface area contributed by atoms with Gasteiger partial charge in [-0.3, -0.25) is 9.59 Å². The van der Waals surface area contributed by atoms with E-state index in [1.54, 1.807) is 7.05 Å². The van der Waals surface area contributed by atoms with Crippen LogP contribution in [0.5, 0.6) is 0 Å². The van der Waals surface area contributed by atoms with Crippen molar-refractivity contribution in [1.82, 2.24) is 20.2 Å². The first-order valence-corrected chi connectivity index (χ1v) is 11.3. The van der Waals surface area contributed by atoms with Gasteiger partial charge in [-0.25, -0.2) is 4.98 Å². The first kappa shape index (κ1) is 21.8. The maximum Gasteiger partial charge on any atom is 0.251 e. The zero-order valence-corrected chi connectivity index (χ0v) is 18.7. The van der Waals surface area contributed by atoms with Gasteiger partial charge in [-0.05, 0) is 48.9 Å². The molecule has 0 bridgehead atoms. The summed E-state index contributed by atoms with van der Waals surface area (Å²) in [6, 6.07) is 17.6. The molecule has 166 valence electrons. The third kappa shape index (κ3) is 4.74. The second kappa shape index (κ2) is 9.81. The lowest BCUT2D eigenvalue weighted by Gasteiger charge is -2.36. The minimum Gasteiger partial charge on any atom is -0.355 e. The molecule has 2 atom stereocenters. The van der Waals surface area contributed by atoms with Crippen molar-refractivity contribution in [2.45, 2.75) is 38.6 Å². The molecule has 0 radical (unpaired) electrons. The Labute approximate surface area is 189 Å². The number of rotatable bonds is 6. The van der Waals surface area contributed by atoms with Crippen LogP contribution in [0.2, 0.25) is 0 Å². The number of aromatic nitrogens is 2. The zero-order chi connectivity index (χ0) is 22.5. The maximum atomic E-state index is 13.4. The Balaban J connectivity index is 1.47. The predicted molar refractivity (Wildman–Crippen MR) is 125 cm³/mol. The van der Waals surface area contributed by atoms with Crippen molar-refractivity contribution in [3.05, 3.63) is 77.7 Å². The molecule has 1 aliphatic rings. The van der Waals surface area contributed by atoms with Crippen molar-refractivity contribution >= 4 is 11.8 Å². The molecule has 1 saturated heterocycles. The molecule has 6 heteroatoms. The third-order valence-corrected chi connectivity index (χ3v) is 6.19. The molecule has 4 rings (SSSR count). The Hall–Kier alpha value is -3.41. The van der Waals surface area contributed by atoms with Crippen molar-refractivity contribution in [2.75, 3.05) is 13.6 Å². The lowest BCUT2D eigenvalue weighted by molar-refractivity contribution is -0.139. The third-order valence-electron chi connectivity index (χ3n) is 6.19. The number of carbonyl (C=O) groups is 2. The Morgan fingerprint density at radius 1 is 1.12 bits per heavy atom. The highest BCUT2D eigenvalue weighted by molar-refractivity contribution is 5.94. The monoisotopic (exact) mass is 430 g/mol. The van der Waals surface area contributed by atoms with E-state index in [-0.39, 0.29) is 23.8 Å². The smallest absolute Gasteiger partial charge is 0.251 e. The van der Waals surface area contributed by atoms with Crippen LogP contribution in [0.4, 0.5) is 0 Å². The topological polar surface area (TPSA) is 78.1 Å². The Kier molecular flexibility index (Phi) is 6.69. The fourth-order valence-electron chi connectivity index (χ4n) is 4.41. The van der Waals surface area contributed by atoms with Crippen LogP contribution in [-0.2, 0) is 11.2 Å². The summed E-state index contributed by atoms with van der Waals surface area (Å²) in [4.78, 5) is 35.2. The molecule has 3 aromatic rings. The van der Waals surface area contributed by atoms with E-state index >= 15 is 0 Å². The van der Waals surface area contributed by atoms with Crippen LogP contribution in [-0.4, -0.2) is 40.3 Å². The first-order valence-electron chi connectivity index (χ1n) is 11.3. The van der Waals surface area contributed by atoms with Gasteiger partial charge in [-0.15, -0.1) is 0 Å². The van der Waals surface area contributed by atoms with Crippen molar-refractivity contribution in [3.8, 4) is 11.3 Å². The maximum absolute atomic E-state index is 13.4. The zero-order valence-electron chi connectivity index (χ0n) is 18.7. The van der Waals surface area contributed by atoms with Gasteiger partial charge in [0.15, 0.2) is 0 Å². The molecular weight excluding hydrogens is 400 g/mol. The van der Waals surface area contributed by atoms with Crippen molar-refractivity contribution in [1.29, 1.82) is 0 Å². The molecule has 32 heavy (non-hydrogen) atoms. The average molecular weight is 431 g/mol. The number of H-pyrrole nitrogens is 1. The van der Waals surface area contributed by atoms with E-state index in [0.717, 1.165) is 48.5 Å². The van der Waals surface area contributed by atoms with Gasteiger partial charge in [-0.1, -0.05) is 49.4 Å². The summed E-state index contributed by atoms with van der Waals surface area (Å²) in [7, 11) is 1.62. The van der Waals surface area contributed by atoms with E-state index in [1.807, 2.05) is 60.5 Å². The van der Waals surface area contributed by atoms with Crippen LogP contribution in [0.15, 0.2) is 60.8 Å². The summed E-state index contributed by atoms with van der Waals surface area (Å²) in [6.07, 6.45) is 5.52. The molecule has 2 N–H and O–H groups in total. The lowest BCUT2D eigenvalue weighted by atomic mass is 9.95. The number of carbonyl (C=O) groups excluding carboxylic acids is 2. The Morgan fingerprint density at radius 3 is 2.59 bits per heavy atom. The molecule has 2 heterocycles. The highest BCUT2D eigenvalue weighted by Gasteiger charge is 2.32. The fraction of sp³-hybridized carbons (Fsp3) is 0.346. The molecule has 2 unspecified atom stereocenters. The van der Waals surface area contributed by atoms with Crippen LogP contribution in [0.25, 0.3) is 11.3 Å². The number of nitrogens with one attached hydrogen (secondary N) is 2. The highest BCUT2D eigenvalue weighted by Crippen LogP contribution is 2.32. The Morgan fingerprint density at radius 2 is 1.88 bits per heavy atom. The number of nitrogens with zero attached hydrogens (tertiary/aromatic N) is 2. The van der Waals surface area contributed by atoms with E-state index in [0.29, 0.717) is 12.0 Å². The van der Waals surface area contributed by atoms with Crippen molar-refractivity contribution in [2.24, 2.45) is 5.92 Å². The second-order valence-corrected chi connectivity index (χ2v) is 8.47. The predicted octanol–water partition coefficient (Wildman–Crippen LogP) is 4.37. The van der Waals surface area contributed by atoms with Crippen molar-refractivity contribution in [3.63, 3.8) is 0 Å². The molecule has 1 aliphatic heterocycles. The molecule has 2 amide bonds. The molecule has 0 spiro atoms. The van der Waals surface area contributed by atoms with E-state index in [9.17, 15) is 9.59 Å².